The molecule has 2 aromatic heterocycles. The van der Waals surface area contributed by atoms with Gasteiger partial charge in [-0.1, -0.05) is 73.0 Å². The Morgan fingerprint density at radius 1 is 0.947 bits per heavy atom. The minimum absolute atomic E-state index is 0.776. The van der Waals surface area contributed by atoms with Crippen molar-refractivity contribution in [3.05, 3.63) is 119 Å². The Bertz CT molecular complexity index is 1660. The van der Waals surface area contributed by atoms with Crippen molar-refractivity contribution in [2.75, 3.05) is 16.8 Å². The molecule has 0 atom stereocenters. The van der Waals surface area contributed by atoms with Crippen LogP contribution >= 0.6 is 11.3 Å². The maximum absolute atomic E-state index is 5.06. The second-order valence-corrected chi connectivity index (χ2v) is 10.8. The first kappa shape index (κ1) is 24.1. The third-order valence-corrected chi connectivity index (χ3v) is 8.42. The van der Waals surface area contributed by atoms with Crippen LogP contribution in [0, 0.1) is 13.8 Å². The van der Waals surface area contributed by atoms with Gasteiger partial charge in [-0.2, -0.15) is 0 Å². The Hall–Kier alpha value is -4.22. The predicted octanol–water partition coefficient (Wildman–Crippen LogP) is 8.26. The number of nitrogens with one attached hydrogen (secondary N) is 1. The van der Waals surface area contributed by atoms with Crippen molar-refractivity contribution in [2.24, 2.45) is 0 Å². The number of nitrogens with zero attached hydrogens (tertiary/aromatic N) is 3. The van der Waals surface area contributed by atoms with E-state index >= 15 is 0 Å². The molecule has 0 aliphatic carbocycles. The average Bonchev–Trinajstić information content (AvgIpc) is 3.36. The standard InChI is InChI=1S/C33H30N4S/c1-5-29-27(25-12-8-10-21(2)22(25)3)16-17-32(35-29)37-19-18-24-11-9-13-26(28(24)20-37)23(4)34-33-36-30-14-6-7-15-31(30)38-33/h5-17H,1,4,18-20H2,2-3H3,(H,34,36). The van der Waals surface area contributed by atoms with E-state index in [-0.39, 0.29) is 0 Å². The summed E-state index contributed by atoms with van der Waals surface area (Å²) in [7, 11) is 0. The van der Waals surface area contributed by atoms with Crippen molar-refractivity contribution in [3.63, 3.8) is 0 Å². The van der Waals surface area contributed by atoms with Crippen molar-refractivity contribution >= 4 is 44.3 Å². The number of hydrogen-bond donors (Lipinski definition) is 1. The molecule has 0 radical (unpaired) electrons. The monoisotopic (exact) mass is 514 g/mol. The normalized spacial score (nSPS) is 12.8. The highest BCUT2D eigenvalue weighted by molar-refractivity contribution is 7.22. The molecule has 0 amide bonds. The van der Waals surface area contributed by atoms with Crippen LogP contribution in [0.3, 0.4) is 0 Å². The van der Waals surface area contributed by atoms with E-state index in [0.717, 1.165) is 63.2 Å². The van der Waals surface area contributed by atoms with E-state index in [1.165, 1.54) is 27.8 Å². The molecule has 0 unspecified atom stereocenters. The van der Waals surface area contributed by atoms with Crippen molar-refractivity contribution in [3.8, 4) is 11.1 Å². The van der Waals surface area contributed by atoms with Gasteiger partial charge in [-0.25, -0.2) is 9.97 Å². The second kappa shape index (κ2) is 9.92. The summed E-state index contributed by atoms with van der Waals surface area (Å²) in [5.41, 5.74) is 11.5. The number of aromatic nitrogens is 2. The molecule has 0 bridgehead atoms. The number of fused-ring (bicyclic) bond motifs is 2. The third-order valence-electron chi connectivity index (χ3n) is 7.47. The van der Waals surface area contributed by atoms with Gasteiger partial charge in [0.15, 0.2) is 5.13 Å². The van der Waals surface area contributed by atoms with Crippen LogP contribution in [-0.2, 0) is 13.0 Å². The van der Waals surface area contributed by atoms with Crippen molar-refractivity contribution < 1.29 is 0 Å². The number of aryl methyl sites for hydroxylation is 1. The van der Waals surface area contributed by atoms with E-state index in [1.807, 2.05) is 24.3 Å². The van der Waals surface area contributed by atoms with Crippen LogP contribution in [0.1, 0.15) is 33.5 Å². The maximum atomic E-state index is 5.06. The van der Waals surface area contributed by atoms with Crippen LogP contribution in [-0.4, -0.2) is 16.5 Å². The molecule has 1 aliphatic heterocycles. The van der Waals surface area contributed by atoms with Gasteiger partial charge in [0.05, 0.1) is 15.9 Å². The van der Waals surface area contributed by atoms with Crippen molar-refractivity contribution in [1.82, 2.24) is 9.97 Å². The van der Waals surface area contributed by atoms with Crippen LogP contribution < -0.4 is 10.2 Å². The van der Waals surface area contributed by atoms with E-state index in [2.05, 4.69) is 91.8 Å². The lowest BCUT2D eigenvalue weighted by molar-refractivity contribution is 0.719. The molecule has 0 saturated carbocycles. The lowest BCUT2D eigenvalue weighted by Crippen LogP contribution is -2.32. The maximum Gasteiger partial charge on any atom is 0.188 e. The Balaban J connectivity index is 1.29. The topological polar surface area (TPSA) is 41.1 Å². The zero-order valence-corrected chi connectivity index (χ0v) is 22.6. The highest BCUT2D eigenvalue weighted by Gasteiger charge is 2.22. The third kappa shape index (κ3) is 4.39. The summed E-state index contributed by atoms with van der Waals surface area (Å²) in [5, 5.41) is 4.33. The largest absolute Gasteiger partial charge is 0.352 e. The molecule has 3 heterocycles. The van der Waals surface area contributed by atoms with Crippen LogP contribution in [0.25, 0.3) is 33.1 Å². The van der Waals surface area contributed by atoms with Gasteiger partial charge in [0.1, 0.15) is 5.82 Å². The van der Waals surface area contributed by atoms with Crippen LogP contribution in [0.2, 0.25) is 0 Å². The highest BCUT2D eigenvalue weighted by atomic mass is 32.1. The molecular weight excluding hydrogens is 484 g/mol. The van der Waals surface area contributed by atoms with E-state index in [9.17, 15) is 0 Å². The van der Waals surface area contributed by atoms with Crippen molar-refractivity contribution in [2.45, 2.75) is 26.8 Å². The van der Waals surface area contributed by atoms with E-state index in [0.29, 0.717) is 0 Å². The number of para-hydroxylation sites is 1. The molecule has 0 spiro atoms. The Labute approximate surface area is 228 Å². The van der Waals surface area contributed by atoms with Gasteiger partial charge in [0, 0.05) is 29.9 Å². The molecule has 5 heteroatoms. The fourth-order valence-electron chi connectivity index (χ4n) is 5.25. The molecule has 38 heavy (non-hydrogen) atoms. The summed E-state index contributed by atoms with van der Waals surface area (Å²) in [6.45, 7) is 14.5. The first-order valence-corrected chi connectivity index (χ1v) is 13.7. The lowest BCUT2D eigenvalue weighted by atomic mass is 9.93. The second-order valence-electron chi connectivity index (χ2n) is 9.76. The fourth-order valence-corrected chi connectivity index (χ4v) is 6.14. The zero-order chi connectivity index (χ0) is 26.2. The van der Waals surface area contributed by atoms with Crippen LogP contribution in [0.4, 0.5) is 10.9 Å². The minimum atomic E-state index is 0.776. The summed E-state index contributed by atoms with van der Waals surface area (Å²) in [4.78, 5) is 12.2. The molecular formula is C33H30N4S. The van der Waals surface area contributed by atoms with E-state index < -0.39 is 0 Å². The van der Waals surface area contributed by atoms with Gasteiger partial charge in [0.2, 0.25) is 0 Å². The van der Waals surface area contributed by atoms with Gasteiger partial charge in [0.25, 0.3) is 0 Å². The number of thiazole rings is 1. The lowest BCUT2D eigenvalue weighted by Gasteiger charge is -2.32. The fraction of sp³-hybridized carbons (Fsp3) is 0.152. The molecule has 5 aromatic rings. The predicted molar refractivity (Wildman–Crippen MR) is 163 cm³/mol. The van der Waals surface area contributed by atoms with E-state index in [4.69, 9.17) is 9.97 Å². The molecule has 0 fully saturated rings. The summed E-state index contributed by atoms with van der Waals surface area (Å²) in [5.74, 6) is 0.971. The highest BCUT2D eigenvalue weighted by Crippen LogP contribution is 2.34. The first-order valence-electron chi connectivity index (χ1n) is 12.9. The number of benzene rings is 3. The summed E-state index contributed by atoms with van der Waals surface area (Å²) < 4.78 is 1.16. The van der Waals surface area contributed by atoms with E-state index in [1.54, 1.807) is 11.3 Å². The average molecular weight is 515 g/mol. The molecule has 6 rings (SSSR count). The van der Waals surface area contributed by atoms with Gasteiger partial charge in [-0.05, 0) is 78.4 Å². The Morgan fingerprint density at radius 3 is 2.63 bits per heavy atom. The van der Waals surface area contributed by atoms with Gasteiger partial charge < -0.3 is 10.2 Å². The Morgan fingerprint density at radius 2 is 1.79 bits per heavy atom. The van der Waals surface area contributed by atoms with Crippen LogP contribution in [0.15, 0.2) is 86.0 Å². The summed E-state index contributed by atoms with van der Waals surface area (Å²) in [6.07, 6.45) is 2.83. The smallest absolute Gasteiger partial charge is 0.188 e. The molecule has 4 nitrogen and oxygen atoms in total. The minimum Gasteiger partial charge on any atom is -0.352 e. The molecule has 188 valence electrons. The van der Waals surface area contributed by atoms with Gasteiger partial charge in [-0.3, -0.25) is 0 Å². The number of hydrogen-bond acceptors (Lipinski definition) is 5. The summed E-state index contributed by atoms with van der Waals surface area (Å²) >= 11 is 1.65. The molecule has 1 aliphatic rings. The SMILES string of the molecule is C=Cc1nc(N2CCc3cccc(C(=C)Nc4nc5ccccc5s4)c3C2)ccc1-c1cccc(C)c1C. The number of pyridine rings is 1. The Kier molecular flexibility index (Phi) is 6.30. The number of rotatable bonds is 6. The molecule has 0 saturated heterocycles. The molecule has 1 N–H and O–H groups in total. The molecule has 3 aromatic carbocycles. The quantitative estimate of drug-likeness (QED) is 0.248. The summed E-state index contributed by atoms with van der Waals surface area (Å²) in [6, 6.07) is 25.5. The van der Waals surface area contributed by atoms with Gasteiger partial charge >= 0.3 is 0 Å². The van der Waals surface area contributed by atoms with Gasteiger partial charge in [-0.15, -0.1) is 0 Å². The first-order chi connectivity index (χ1) is 18.5. The van der Waals surface area contributed by atoms with Crippen LogP contribution in [0.5, 0.6) is 0 Å². The van der Waals surface area contributed by atoms with Crippen molar-refractivity contribution in [1.29, 1.82) is 0 Å². The number of anilines is 2. The zero-order valence-electron chi connectivity index (χ0n) is 21.8.